The lowest BCUT2D eigenvalue weighted by molar-refractivity contribution is -0.384. The molecule has 8 nitrogen and oxygen atoms in total. The van der Waals surface area contributed by atoms with Gasteiger partial charge in [0.25, 0.3) is 11.6 Å². The van der Waals surface area contributed by atoms with Crippen LogP contribution in [0.15, 0.2) is 30.5 Å². The van der Waals surface area contributed by atoms with Crippen LogP contribution in [0.3, 0.4) is 0 Å². The van der Waals surface area contributed by atoms with Crippen molar-refractivity contribution >= 4 is 23.3 Å². The monoisotopic (exact) mass is 340 g/mol. The van der Waals surface area contributed by atoms with E-state index in [9.17, 15) is 19.7 Å². The lowest BCUT2D eigenvalue weighted by Gasteiger charge is -2.29. The predicted octanol–water partition coefficient (Wildman–Crippen LogP) is 2.79. The summed E-state index contributed by atoms with van der Waals surface area (Å²) < 4.78 is 0. The zero-order valence-corrected chi connectivity index (χ0v) is 13.8. The number of carbonyl (C=O) groups is 2. The summed E-state index contributed by atoms with van der Waals surface area (Å²) in [6.45, 7) is 3.97. The maximum atomic E-state index is 12.3. The van der Waals surface area contributed by atoms with E-state index < -0.39 is 10.8 Å². The Bertz CT molecular complexity index is 892. The zero-order chi connectivity index (χ0) is 18.2. The topological polar surface area (TPSA) is 115 Å². The minimum Gasteiger partial charge on any atom is -0.294 e. The van der Waals surface area contributed by atoms with Crippen molar-refractivity contribution in [3.8, 4) is 0 Å². The first-order valence-electron chi connectivity index (χ1n) is 7.70. The van der Waals surface area contributed by atoms with Crippen molar-refractivity contribution in [3.05, 3.63) is 57.4 Å². The van der Waals surface area contributed by atoms with E-state index in [4.69, 9.17) is 0 Å². The number of Topliss-reactive ketones (excluding diaryl/α,β-unsaturated/α-hetero) is 1. The molecule has 0 fully saturated rings. The number of carbonyl (C=O) groups excluding carboxylic acids is 2. The Kier molecular flexibility index (Phi) is 4.03. The molecule has 1 aromatic carbocycles. The van der Waals surface area contributed by atoms with Crippen molar-refractivity contribution in [3.63, 3.8) is 0 Å². The van der Waals surface area contributed by atoms with E-state index in [1.807, 2.05) is 13.8 Å². The lowest BCUT2D eigenvalue weighted by Crippen LogP contribution is -2.28. The number of nitro benzene ring substituents is 1. The molecule has 0 atom stereocenters. The minimum absolute atomic E-state index is 0.0113. The van der Waals surface area contributed by atoms with Gasteiger partial charge >= 0.3 is 0 Å². The van der Waals surface area contributed by atoms with Crippen LogP contribution in [0, 0.1) is 15.5 Å². The SMILES string of the molecule is CC1(C)CC(=O)c2cnc(NC(=O)c3cccc([N+](=O)[O-])c3)nc2C1. The molecule has 25 heavy (non-hydrogen) atoms. The van der Waals surface area contributed by atoms with E-state index >= 15 is 0 Å². The molecule has 0 aliphatic heterocycles. The van der Waals surface area contributed by atoms with Crippen molar-refractivity contribution in [1.29, 1.82) is 0 Å². The molecule has 0 saturated carbocycles. The largest absolute Gasteiger partial charge is 0.294 e. The summed E-state index contributed by atoms with van der Waals surface area (Å²) in [7, 11) is 0. The summed E-state index contributed by atoms with van der Waals surface area (Å²) in [6.07, 6.45) is 2.46. The van der Waals surface area contributed by atoms with Crippen molar-refractivity contribution in [1.82, 2.24) is 9.97 Å². The van der Waals surface area contributed by atoms with Gasteiger partial charge < -0.3 is 0 Å². The third kappa shape index (κ3) is 3.52. The Morgan fingerprint density at radius 3 is 2.80 bits per heavy atom. The molecule has 128 valence electrons. The fraction of sp³-hybridized carbons (Fsp3) is 0.294. The standard InChI is InChI=1S/C17H16N4O4/c1-17(2)7-13-12(14(22)8-17)9-18-16(19-13)20-15(23)10-4-3-5-11(6-10)21(24)25/h3-6,9H,7-8H2,1-2H3,(H,18,19,20,23). The molecule has 2 aromatic rings. The second-order valence-corrected chi connectivity index (χ2v) is 6.76. The highest BCUT2D eigenvalue weighted by Gasteiger charge is 2.32. The maximum absolute atomic E-state index is 12.3. The first kappa shape index (κ1) is 16.7. The van der Waals surface area contributed by atoms with Crippen LogP contribution in [0.2, 0.25) is 0 Å². The van der Waals surface area contributed by atoms with Crippen molar-refractivity contribution in [2.24, 2.45) is 5.41 Å². The molecule has 0 spiro atoms. The highest BCUT2D eigenvalue weighted by Crippen LogP contribution is 2.33. The number of anilines is 1. The van der Waals surface area contributed by atoms with Crippen LogP contribution in [0.5, 0.6) is 0 Å². The summed E-state index contributed by atoms with van der Waals surface area (Å²) in [5.41, 5.74) is 0.844. The quantitative estimate of drug-likeness (QED) is 0.678. The third-order valence-electron chi connectivity index (χ3n) is 4.00. The van der Waals surface area contributed by atoms with Gasteiger partial charge in [0.05, 0.1) is 16.2 Å². The summed E-state index contributed by atoms with van der Waals surface area (Å²) in [5, 5.41) is 13.3. The molecule has 0 saturated heterocycles. The molecular weight excluding hydrogens is 324 g/mol. The fourth-order valence-electron chi connectivity index (χ4n) is 2.83. The van der Waals surface area contributed by atoms with Crippen LogP contribution < -0.4 is 5.32 Å². The Balaban J connectivity index is 1.84. The Morgan fingerprint density at radius 1 is 1.32 bits per heavy atom. The normalized spacial score (nSPS) is 15.4. The number of nitrogens with zero attached hydrogens (tertiary/aromatic N) is 3. The van der Waals surface area contributed by atoms with E-state index in [0.29, 0.717) is 24.1 Å². The van der Waals surface area contributed by atoms with Gasteiger partial charge in [-0.05, 0) is 17.9 Å². The van der Waals surface area contributed by atoms with Crippen LogP contribution in [0.1, 0.15) is 46.7 Å². The highest BCUT2D eigenvalue weighted by molar-refractivity contribution is 6.04. The second-order valence-electron chi connectivity index (χ2n) is 6.76. The molecule has 0 unspecified atom stereocenters. The second kappa shape index (κ2) is 6.04. The summed E-state index contributed by atoms with van der Waals surface area (Å²) >= 11 is 0. The molecule has 3 rings (SSSR count). The average Bonchev–Trinajstić information content (AvgIpc) is 2.53. The predicted molar refractivity (Wildman–Crippen MR) is 89.5 cm³/mol. The van der Waals surface area contributed by atoms with Crippen molar-refractivity contribution in [2.45, 2.75) is 26.7 Å². The number of nitrogens with one attached hydrogen (secondary N) is 1. The summed E-state index contributed by atoms with van der Waals surface area (Å²) in [6, 6.07) is 5.38. The number of aromatic nitrogens is 2. The molecule has 1 heterocycles. The summed E-state index contributed by atoms with van der Waals surface area (Å²) in [4.78, 5) is 42.9. The van der Waals surface area contributed by atoms with Gasteiger partial charge in [0.2, 0.25) is 5.95 Å². The minimum atomic E-state index is -0.570. The number of nitro groups is 1. The molecule has 1 N–H and O–H groups in total. The van der Waals surface area contributed by atoms with Gasteiger partial charge in [0, 0.05) is 30.3 Å². The molecule has 1 amide bonds. The van der Waals surface area contributed by atoms with Crippen LogP contribution in [0.25, 0.3) is 0 Å². The van der Waals surface area contributed by atoms with Gasteiger partial charge in [-0.15, -0.1) is 0 Å². The third-order valence-corrected chi connectivity index (χ3v) is 4.00. The molecule has 8 heteroatoms. The Morgan fingerprint density at radius 2 is 2.08 bits per heavy atom. The van der Waals surface area contributed by atoms with Crippen LogP contribution in [0.4, 0.5) is 11.6 Å². The van der Waals surface area contributed by atoms with Gasteiger partial charge in [0.1, 0.15) is 0 Å². The van der Waals surface area contributed by atoms with Crippen molar-refractivity contribution in [2.75, 3.05) is 5.32 Å². The maximum Gasteiger partial charge on any atom is 0.270 e. The smallest absolute Gasteiger partial charge is 0.270 e. The van der Waals surface area contributed by atoms with Crippen LogP contribution in [-0.2, 0) is 6.42 Å². The van der Waals surface area contributed by atoms with Gasteiger partial charge in [-0.25, -0.2) is 9.97 Å². The van der Waals surface area contributed by atoms with Gasteiger partial charge in [0.15, 0.2) is 5.78 Å². The van der Waals surface area contributed by atoms with Gasteiger partial charge in [-0.2, -0.15) is 0 Å². The van der Waals surface area contributed by atoms with E-state index in [1.165, 1.54) is 30.5 Å². The molecule has 0 radical (unpaired) electrons. The molecule has 0 bridgehead atoms. The highest BCUT2D eigenvalue weighted by atomic mass is 16.6. The molecular formula is C17H16N4O4. The van der Waals surface area contributed by atoms with Crippen LogP contribution >= 0.6 is 0 Å². The first-order chi connectivity index (χ1) is 11.7. The number of rotatable bonds is 3. The molecule has 1 aromatic heterocycles. The lowest BCUT2D eigenvalue weighted by atomic mass is 9.76. The summed E-state index contributed by atoms with van der Waals surface area (Å²) in [5.74, 6) is -0.492. The number of hydrogen-bond acceptors (Lipinski definition) is 6. The number of fused-ring (bicyclic) bond motifs is 1. The van der Waals surface area contributed by atoms with E-state index in [-0.39, 0.29) is 28.4 Å². The van der Waals surface area contributed by atoms with Crippen molar-refractivity contribution < 1.29 is 14.5 Å². The number of non-ortho nitro benzene ring substituents is 1. The number of hydrogen-bond donors (Lipinski definition) is 1. The van der Waals surface area contributed by atoms with E-state index in [1.54, 1.807) is 0 Å². The Hall–Kier alpha value is -3.16. The zero-order valence-electron chi connectivity index (χ0n) is 13.8. The Labute approximate surface area is 143 Å². The van der Waals surface area contributed by atoms with E-state index in [0.717, 1.165) is 0 Å². The average molecular weight is 340 g/mol. The van der Waals surface area contributed by atoms with Crippen LogP contribution in [-0.4, -0.2) is 26.6 Å². The molecule has 1 aliphatic rings. The number of amides is 1. The number of ketones is 1. The fourth-order valence-corrected chi connectivity index (χ4v) is 2.83. The van der Waals surface area contributed by atoms with E-state index in [2.05, 4.69) is 15.3 Å². The van der Waals surface area contributed by atoms with Gasteiger partial charge in [-0.1, -0.05) is 19.9 Å². The molecule has 1 aliphatic carbocycles. The first-order valence-corrected chi connectivity index (χ1v) is 7.70. The van der Waals surface area contributed by atoms with Gasteiger partial charge in [-0.3, -0.25) is 25.0 Å². The number of benzene rings is 1.